The van der Waals surface area contributed by atoms with E-state index in [1.54, 1.807) is 30.3 Å². The van der Waals surface area contributed by atoms with Gasteiger partial charge in [-0.1, -0.05) is 78.9 Å². The summed E-state index contributed by atoms with van der Waals surface area (Å²) >= 11 is 0. The van der Waals surface area contributed by atoms with Crippen molar-refractivity contribution in [1.82, 2.24) is 5.32 Å². The molecule has 1 amide bonds. The van der Waals surface area contributed by atoms with Crippen LogP contribution in [0.5, 0.6) is 0 Å². The van der Waals surface area contributed by atoms with E-state index in [-0.39, 0.29) is 18.9 Å². The molecule has 5 aromatic rings. The lowest BCUT2D eigenvalue weighted by Crippen LogP contribution is -2.43. The summed E-state index contributed by atoms with van der Waals surface area (Å²) in [5.41, 5.74) is 1.76. The van der Waals surface area contributed by atoms with Crippen LogP contribution < -0.4 is 10.9 Å². The fraction of sp³-hybridized carbons (Fsp3) is 0.100. The van der Waals surface area contributed by atoms with Gasteiger partial charge in [0.25, 0.3) is 5.91 Å². The Balaban J connectivity index is 1.42. The second-order valence-corrected chi connectivity index (χ2v) is 8.44. The minimum Gasteiger partial charge on any atom is -0.459 e. The third-order valence-corrected chi connectivity index (χ3v) is 5.99. The van der Waals surface area contributed by atoms with Crippen molar-refractivity contribution in [2.75, 3.05) is 0 Å². The molecule has 0 saturated heterocycles. The Morgan fingerprint density at radius 1 is 0.833 bits per heavy atom. The van der Waals surface area contributed by atoms with E-state index in [0.29, 0.717) is 22.1 Å². The molecule has 0 saturated carbocycles. The number of carbonyl (C=O) groups is 2. The van der Waals surface area contributed by atoms with Crippen molar-refractivity contribution in [2.45, 2.75) is 19.1 Å². The Hall–Kier alpha value is -4.71. The van der Waals surface area contributed by atoms with Gasteiger partial charge in [0.2, 0.25) is 0 Å². The second-order valence-electron chi connectivity index (χ2n) is 8.44. The van der Waals surface area contributed by atoms with E-state index in [1.165, 1.54) is 6.07 Å². The van der Waals surface area contributed by atoms with Gasteiger partial charge in [-0.25, -0.2) is 9.59 Å². The van der Waals surface area contributed by atoms with E-state index in [1.807, 2.05) is 66.7 Å². The number of hydrogen-bond donors (Lipinski definition) is 1. The van der Waals surface area contributed by atoms with Gasteiger partial charge < -0.3 is 14.5 Å². The van der Waals surface area contributed by atoms with Crippen LogP contribution in [0.2, 0.25) is 0 Å². The van der Waals surface area contributed by atoms with Crippen molar-refractivity contribution in [3.05, 3.63) is 130 Å². The predicted molar refractivity (Wildman–Crippen MR) is 138 cm³/mol. The molecule has 0 aliphatic rings. The van der Waals surface area contributed by atoms with Crippen LogP contribution in [0.3, 0.4) is 0 Å². The van der Waals surface area contributed by atoms with E-state index in [0.717, 1.165) is 16.3 Å². The van der Waals surface area contributed by atoms with E-state index in [4.69, 9.17) is 9.15 Å². The number of carbonyl (C=O) groups excluding carboxylic acids is 2. The standard InChI is InChI=1S/C30H23NO5/c32-27-18-23(28-24-14-8-7-11-21(24)15-16-26(28)36-27)19-35-30(34)25(17-20-9-3-1-4-10-20)31-29(33)22-12-5-2-6-13-22/h1-16,18,25H,17,19H2,(H,31,33)/t25-/m1/s1. The topological polar surface area (TPSA) is 85.6 Å². The molecule has 0 unspecified atom stereocenters. The maximum Gasteiger partial charge on any atom is 0.336 e. The lowest BCUT2D eigenvalue weighted by molar-refractivity contribution is -0.147. The molecule has 178 valence electrons. The van der Waals surface area contributed by atoms with E-state index in [2.05, 4.69) is 5.32 Å². The first-order valence-corrected chi connectivity index (χ1v) is 11.6. The smallest absolute Gasteiger partial charge is 0.336 e. The summed E-state index contributed by atoms with van der Waals surface area (Å²) in [7, 11) is 0. The Morgan fingerprint density at radius 2 is 1.53 bits per heavy atom. The minimum atomic E-state index is -0.914. The quantitative estimate of drug-likeness (QED) is 0.202. The molecule has 1 aromatic heterocycles. The zero-order valence-corrected chi connectivity index (χ0v) is 19.3. The molecule has 0 bridgehead atoms. The van der Waals surface area contributed by atoms with E-state index in [9.17, 15) is 14.4 Å². The van der Waals surface area contributed by atoms with Gasteiger partial charge in [0.05, 0.1) is 0 Å². The highest BCUT2D eigenvalue weighted by molar-refractivity contribution is 6.07. The summed E-state index contributed by atoms with van der Waals surface area (Å²) in [5.74, 6) is -0.963. The molecule has 0 aliphatic heterocycles. The normalized spacial score (nSPS) is 11.8. The predicted octanol–water partition coefficient (Wildman–Crippen LogP) is 5.03. The lowest BCUT2D eigenvalue weighted by Gasteiger charge is -2.18. The molecule has 4 aromatic carbocycles. The Bertz CT molecular complexity index is 1590. The molecule has 1 atom stereocenters. The van der Waals surface area contributed by atoms with Gasteiger partial charge in [-0.05, 0) is 34.5 Å². The van der Waals surface area contributed by atoms with Crippen molar-refractivity contribution in [3.63, 3.8) is 0 Å². The fourth-order valence-electron chi connectivity index (χ4n) is 4.26. The van der Waals surface area contributed by atoms with Gasteiger partial charge in [-0.3, -0.25) is 4.79 Å². The maximum atomic E-state index is 13.2. The molecule has 1 heterocycles. The maximum absolute atomic E-state index is 13.2. The molecular weight excluding hydrogens is 454 g/mol. The second kappa shape index (κ2) is 10.3. The number of esters is 1. The molecule has 6 nitrogen and oxygen atoms in total. The Kier molecular flexibility index (Phi) is 6.58. The highest BCUT2D eigenvalue weighted by atomic mass is 16.5. The van der Waals surface area contributed by atoms with Gasteiger partial charge in [0.1, 0.15) is 18.2 Å². The molecule has 0 spiro atoms. The van der Waals surface area contributed by atoms with Crippen LogP contribution >= 0.6 is 0 Å². The summed E-state index contributed by atoms with van der Waals surface area (Å²) in [4.78, 5) is 38.2. The molecule has 1 N–H and O–H groups in total. The number of benzene rings is 4. The van der Waals surface area contributed by atoms with Gasteiger partial charge in [0.15, 0.2) is 0 Å². The number of nitrogens with one attached hydrogen (secondary N) is 1. The SMILES string of the molecule is O=C(N[C@H](Cc1ccccc1)C(=O)OCc1cc(=O)oc2ccc3ccccc3c12)c1ccccc1. The van der Waals surface area contributed by atoms with Gasteiger partial charge in [-0.15, -0.1) is 0 Å². The van der Waals surface area contributed by atoms with Crippen molar-refractivity contribution in [2.24, 2.45) is 0 Å². The van der Waals surface area contributed by atoms with Crippen molar-refractivity contribution < 1.29 is 18.7 Å². The zero-order valence-electron chi connectivity index (χ0n) is 19.3. The first-order valence-electron chi connectivity index (χ1n) is 11.6. The zero-order chi connectivity index (χ0) is 24.9. The highest BCUT2D eigenvalue weighted by Crippen LogP contribution is 2.27. The molecule has 5 rings (SSSR count). The molecule has 0 fully saturated rings. The van der Waals surface area contributed by atoms with E-state index < -0.39 is 17.6 Å². The van der Waals surface area contributed by atoms with Crippen LogP contribution in [0.15, 0.2) is 112 Å². The summed E-state index contributed by atoms with van der Waals surface area (Å²) in [6.07, 6.45) is 0.263. The number of amides is 1. The van der Waals surface area contributed by atoms with Crippen LogP contribution in [0.25, 0.3) is 21.7 Å². The van der Waals surface area contributed by atoms with Crippen LogP contribution in [0, 0.1) is 0 Å². The summed E-state index contributed by atoms with van der Waals surface area (Å²) in [5, 5.41) is 5.39. The summed E-state index contributed by atoms with van der Waals surface area (Å²) in [6.45, 7) is -0.137. The van der Waals surface area contributed by atoms with Crippen LogP contribution in [0.4, 0.5) is 0 Å². The van der Waals surface area contributed by atoms with Crippen LogP contribution in [0.1, 0.15) is 21.5 Å². The first-order chi connectivity index (χ1) is 17.6. The molecule has 0 aliphatic carbocycles. The molecule has 0 radical (unpaired) electrons. The highest BCUT2D eigenvalue weighted by Gasteiger charge is 2.24. The average molecular weight is 478 g/mol. The number of rotatable bonds is 7. The summed E-state index contributed by atoms with van der Waals surface area (Å²) in [6, 6.07) is 29.9. The lowest BCUT2D eigenvalue weighted by atomic mass is 10.0. The number of hydrogen-bond acceptors (Lipinski definition) is 5. The fourth-order valence-corrected chi connectivity index (χ4v) is 4.26. The van der Waals surface area contributed by atoms with Crippen molar-refractivity contribution >= 4 is 33.6 Å². The Labute approximate surface area is 207 Å². The minimum absolute atomic E-state index is 0.137. The van der Waals surface area contributed by atoms with E-state index >= 15 is 0 Å². The average Bonchev–Trinajstić information content (AvgIpc) is 2.91. The van der Waals surface area contributed by atoms with Crippen molar-refractivity contribution in [3.8, 4) is 0 Å². The van der Waals surface area contributed by atoms with Crippen LogP contribution in [-0.2, 0) is 22.6 Å². The third-order valence-electron chi connectivity index (χ3n) is 5.99. The Morgan fingerprint density at radius 3 is 2.31 bits per heavy atom. The largest absolute Gasteiger partial charge is 0.459 e. The van der Waals surface area contributed by atoms with Gasteiger partial charge in [0, 0.05) is 29.0 Å². The summed E-state index contributed by atoms with van der Waals surface area (Å²) < 4.78 is 11.1. The molecular formula is C30H23NO5. The van der Waals surface area contributed by atoms with Gasteiger partial charge in [-0.2, -0.15) is 0 Å². The molecule has 36 heavy (non-hydrogen) atoms. The van der Waals surface area contributed by atoms with Gasteiger partial charge >= 0.3 is 11.6 Å². The first kappa shape index (κ1) is 23.1. The third kappa shape index (κ3) is 5.03. The molecule has 6 heteroatoms. The van der Waals surface area contributed by atoms with Crippen LogP contribution in [-0.4, -0.2) is 17.9 Å². The number of ether oxygens (including phenoxy) is 1. The number of fused-ring (bicyclic) bond motifs is 3. The van der Waals surface area contributed by atoms with Crippen molar-refractivity contribution in [1.29, 1.82) is 0 Å². The monoisotopic (exact) mass is 477 g/mol.